The monoisotopic (exact) mass is 325 g/mol. The van der Waals surface area contributed by atoms with Crippen molar-refractivity contribution < 1.29 is 13.5 Å². The van der Waals surface area contributed by atoms with Crippen molar-refractivity contribution in [3.05, 3.63) is 29.3 Å². The quantitative estimate of drug-likeness (QED) is 0.925. The molecule has 0 spiro atoms. The number of nitrogens with zero attached hydrogens (tertiary/aromatic N) is 1. The molecule has 5 heteroatoms. The highest BCUT2D eigenvalue weighted by atomic mass is 32.2. The fourth-order valence-corrected chi connectivity index (χ4v) is 4.72. The minimum atomic E-state index is -2.89. The van der Waals surface area contributed by atoms with Gasteiger partial charge in [-0.25, -0.2) is 8.42 Å². The Balaban J connectivity index is 2.21. The van der Waals surface area contributed by atoms with Crippen molar-refractivity contribution in [2.45, 2.75) is 52.1 Å². The summed E-state index contributed by atoms with van der Waals surface area (Å²) in [6.07, 6.45) is 0.690. The zero-order valence-electron chi connectivity index (χ0n) is 14.0. The van der Waals surface area contributed by atoms with Gasteiger partial charge in [-0.2, -0.15) is 0 Å². The van der Waals surface area contributed by atoms with E-state index in [2.05, 4.69) is 25.7 Å². The molecular formula is C17H27NO3S. The van der Waals surface area contributed by atoms with E-state index in [0.29, 0.717) is 13.0 Å². The van der Waals surface area contributed by atoms with Gasteiger partial charge in [0.05, 0.1) is 11.5 Å². The molecule has 1 saturated heterocycles. The SMILES string of the molecule is CCN(Cc1cc(C(C)(C)C)ccc1O)[C@@H]1CCS(=O)(=O)C1. The van der Waals surface area contributed by atoms with Gasteiger partial charge >= 0.3 is 0 Å². The van der Waals surface area contributed by atoms with E-state index in [1.54, 1.807) is 6.07 Å². The Morgan fingerprint density at radius 3 is 2.50 bits per heavy atom. The molecule has 22 heavy (non-hydrogen) atoms. The van der Waals surface area contributed by atoms with Crippen LogP contribution in [0, 0.1) is 0 Å². The maximum absolute atomic E-state index is 11.7. The van der Waals surface area contributed by atoms with Crippen LogP contribution < -0.4 is 0 Å². The number of hydrogen-bond acceptors (Lipinski definition) is 4. The molecule has 0 aromatic heterocycles. The molecule has 124 valence electrons. The number of sulfone groups is 1. The summed E-state index contributed by atoms with van der Waals surface area (Å²) in [6.45, 7) is 9.83. The van der Waals surface area contributed by atoms with Crippen LogP contribution >= 0.6 is 0 Å². The van der Waals surface area contributed by atoms with E-state index < -0.39 is 9.84 Å². The van der Waals surface area contributed by atoms with E-state index >= 15 is 0 Å². The Morgan fingerprint density at radius 1 is 1.32 bits per heavy atom. The normalized spacial score (nSPS) is 21.4. The van der Waals surface area contributed by atoms with Gasteiger partial charge in [-0.15, -0.1) is 0 Å². The summed E-state index contributed by atoms with van der Waals surface area (Å²) < 4.78 is 23.4. The fraction of sp³-hybridized carbons (Fsp3) is 0.647. The minimum absolute atomic E-state index is 0.0240. The first-order valence-corrected chi connectivity index (χ1v) is 9.71. The molecule has 0 amide bonds. The third kappa shape index (κ3) is 4.02. The van der Waals surface area contributed by atoms with Crippen LogP contribution in [0.1, 0.15) is 45.2 Å². The summed E-state index contributed by atoms with van der Waals surface area (Å²) >= 11 is 0. The molecular weight excluding hydrogens is 298 g/mol. The number of rotatable bonds is 4. The lowest BCUT2D eigenvalue weighted by atomic mass is 9.86. The van der Waals surface area contributed by atoms with Gasteiger partial charge in [0, 0.05) is 18.2 Å². The summed E-state index contributed by atoms with van der Waals surface area (Å²) in [7, 11) is -2.89. The number of aromatic hydroxyl groups is 1. The lowest BCUT2D eigenvalue weighted by Crippen LogP contribution is -2.35. The summed E-state index contributed by atoms with van der Waals surface area (Å²) in [5.74, 6) is 0.801. The molecule has 1 fully saturated rings. The summed E-state index contributed by atoms with van der Waals surface area (Å²) in [6, 6.07) is 5.80. The van der Waals surface area contributed by atoms with Crippen LogP contribution in [0.25, 0.3) is 0 Å². The molecule has 0 unspecified atom stereocenters. The van der Waals surface area contributed by atoms with Crippen LogP contribution in [0.15, 0.2) is 18.2 Å². The topological polar surface area (TPSA) is 57.6 Å². The predicted molar refractivity (Wildman–Crippen MR) is 89.9 cm³/mol. The summed E-state index contributed by atoms with van der Waals surface area (Å²) in [5, 5.41) is 10.1. The van der Waals surface area contributed by atoms with Crippen LogP contribution in [-0.4, -0.2) is 42.5 Å². The number of phenolic OH excluding ortho intramolecular Hbond substituents is 1. The van der Waals surface area contributed by atoms with E-state index in [0.717, 1.165) is 12.1 Å². The zero-order chi connectivity index (χ0) is 16.5. The average molecular weight is 325 g/mol. The molecule has 1 heterocycles. The Morgan fingerprint density at radius 2 is 2.00 bits per heavy atom. The highest BCUT2D eigenvalue weighted by molar-refractivity contribution is 7.91. The Labute approximate surface area is 134 Å². The van der Waals surface area contributed by atoms with E-state index in [4.69, 9.17) is 0 Å². The van der Waals surface area contributed by atoms with Crippen LogP contribution in [0.3, 0.4) is 0 Å². The van der Waals surface area contributed by atoms with Gasteiger partial charge < -0.3 is 5.11 Å². The fourth-order valence-electron chi connectivity index (χ4n) is 2.96. The van der Waals surface area contributed by atoms with Crippen LogP contribution in [0.2, 0.25) is 0 Å². The van der Waals surface area contributed by atoms with Gasteiger partial charge in [0.25, 0.3) is 0 Å². The lowest BCUT2D eigenvalue weighted by molar-refractivity contribution is 0.212. The van der Waals surface area contributed by atoms with Gasteiger partial charge in [0.2, 0.25) is 0 Å². The molecule has 0 aliphatic carbocycles. The number of benzene rings is 1. The predicted octanol–water partition coefficient (Wildman–Crippen LogP) is 2.70. The average Bonchev–Trinajstić information content (AvgIpc) is 2.76. The van der Waals surface area contributed by atoms with Crippen molar-refractivity contribution in [2.24, 2.45) is 0 Å². The minimum Gasteiger partial charge on any atom is -0.508 e. The van der Waals surface area contributed by atoms with Gasteiger partial charge in [0.1, 0.15) is 5.75 Å². The highest BCUT2D eigenvalue weighted by Gasteiger charge is 2.32. The highest BCUT2D eigenvalue weighted by Crippen LogP contribution is 2.29. The molecule has 2 rings (SSSR count). The van der Waals surface area contributed by atoms with E-state index in [-0.39, 0.29) is 28.7 Å². The molecule has 1 aliphatic rings. The summed E-state index contributed by atoms with van der Waals surface area (Å²) in [4.78, 5) is 2.16. The maximum Gasteiger partial charge on any atom is 0.151 e. The van der Waals surface area contributed by atoms with Crippen molar-refractivity contribution in [1.82, 2.24) is 4.90 Å². The van der Waals surface area contributed by atoms with E-state index in [1.165, 1.54) is 5.56 Å². The third-order valence-electron chi connectivity index (χ3n) is 4.45. The largest absolute Gasteiger partial charge is 0.508 e. The van der Waals surface area contributed by atoms with Crippen LogP contribution in [0.4, 0.5) is 0 Å². The van der Waals surface area contributed by atoms with Gasteiger partial charge in [-0.1, -0.05) is 39.8 Å². The molecule has 4 nitrogen and oxygen atoms in total. The van der Waals surface area contributed by atoms with Crippen molar-refractivity contribution in [1.29, 1.82) is 0 Å². The molecule has 0 bridgehead atoms. The number of phenols is 1. The zero-order valence-corrected chi connectivity index (χ0v) is 14.8. The van der Waals surface area contributed by atoms with Crippen molar-refractivity contribution in [2.75, 3.05) is 18.1 Å². The van der Waals surface area contributed by atoms with E-state index in [1.807, 2.05) is 19.1 Å². The second-order valence-electron chi connectivity index (χ2n) is 7.21. The second kappa shape index (κ2) is 6.20. The first kappa shape index (κ1) is 17.3. The van der Waals surface area contributed by atoms with Crippen molar-refractivity contribution in [3.8, 4) is 5.75 Å². The molecule has 1 aliphatic heterocycles. The molecule has 0 saturated carbocycles. The number of hydrogen-bond donors (Lipinski definition) is 1. The maximum atomic E-state index is 11.7. The Hall–Kier alpha value is -1.07. The first-order valence-electron chi connectivity index (χ1n) is 7.89. The molecule has 1 aromatic rings. The van der Waals surface area contributed by atoms with Crippen molar-refractivity contribution in [3.63, 3.8) is 0 Å². The molecule has 1 N–H and O–H groups in total. The lowest BCUT2D eigenvalue weighted by Gasteiger charge is -2.28. The Bertz CT molecular complexity index is 632. The van der Waals surface area contributed by atoms with Gasteiger partial charge in [0.15, 0.2) is 9.84 Å². The Kier molecular flexibility index (Phi) is 4.87. The molecule has 0 radical (unpaired) electrons. The summed E-state index contributed by atoms with van der Waals surface area (Å²) in [5.41, 5.74) is 2.07. The third-order valence-corrected chi connectivity index (χ3v) is 6.20. The van der Waals surface area contributed by atoms with Crippen LogP contribution in [-0.2, 0) is 21.8 Å². The van der Waals surface area contributed by atoms with Gasteiger partial charge in [-0.3, -0.25) is 4.90 Å². The molecule has 1 atom stereocenters. The smallest absolute Gasteiger partial charge is 0.151 e. The van der Waals surface area contributed by atoms with Gasteiger partial charge in [-0.05, 0) is 30.0 Å². The first-order chi connectivity index (χ1) is 10.1. The van der Waals surface area contributed by atoms with E-state index in [9.17, 15) is 13.5 Å². The second-order valence-corrected chi connectivity index (χ2v) is 9.44. The van der Waals surface area contributed by atoms with Crippen LogP contribution in [0.5, 0.6) is 5.75 Å². The molecule has 1 aromatic carbocycles. The van der Waals surface area contributed by atoms with Crippen molar-refractivity contribution >= 4 is 9.84 Å². The standard InChI is InChI=1S/C17H27NO3S/c1-5-18(15-8-9-22(20,21)12-15)11-13-10-14(17(2,3)4)6-7-16(13)19/h6-7,10,15,19H,5,8-9,11-12H2,1-4H3/t15-/m1/s1.